The van der Waals surface area contributed by atoms with Crippen LogP contribution in [0.4, 0.5) is 0 Å². The van der Waals surface area contributed by atoms with Gasteiger partial charge in [-0.15, -0.1) is 22.7 Å². The topological polar surface area (TPSA) is 27.7 Å². The number of thiophene rings is 2. The second kappa shape index (κ2) is 12.6. The molecule has 13 rings (SSSR count). The fourth-order valence-corrected chi connectivity index (χ4v) is 11.8. The van der Waals surface area contributed by atoms with Gasteiger partial charge in [0.1, 0.15) is 0 Å². The van der Waals surface area contributed by atoms with Crippen LogP contribution in [-0.2, 0) is 0 Å². The molecule has 6 heterocycles. The standard InChI is InChI=1S/C53H32N4S2/c1-4-14-33(15-5-1)50-31-48-52(58-50)53-49(56(48)36-18-8-3-9-19-36)32-51(59-53)34-25-26-45-39(28-34)41-30-47-40(29-46(41)55(45)35-16-6-2-7-17-35)37-20-10-11-23-43(37)57(47)44-24-12-22-42-38(44)21-13-27-54-42/h1-32H. The van der Waals surface area contributed by atoms with Crippen molar-refractivity contribution in [2.24, 2.45) is 0 Å². The predicted molar refractivity (Wildman–Crippen MR) is 251 cm³/mol. The summed E-state index contributed by atoms with van der Waals surface area (Å²) >= 11 is 3.79. The molecule has 0 saturated carbocycles. The zero-order chi connectivity index (χ0) is 38.6. The molecular weight excluding hydrogens is 757 g/mol. The highest BCUT2D eigenvalue weighted by Gasteiger charge is 2.23. The highest BCUT2D eigenvalue weighted by molar-refractivity contribution is 7.30. The molecule has 0 N–H and O–H groups in total. The van der Waals surface area contributed by atoms with Gasteiger partial charge in [-0.2, -0.15) is 0 Å². The van der Waals surface area contributed by atoms with Crippen molar-refractivity contribution in [2.75, 3.05) is 0 Å². The van der Waals surface area contributed by atoms with Gasteiger partial charge in [0.05, 0.1) is 53.7 Å². The predicted octanol–water partition coefficient (Wildman–Crippen LogP) is 15.0. The highest BCUT2D eigenvalue weighted by atomic mass is 32.1. The summed E-state index contributed by atoms with van der Waals surface area (Å²) in [6.45, 7) is 0. The van der Waals surface area contributed by atoms with Crippen molar-refractivity contribution in [1.29, 1.82) is 0 Å². The molecule has 276 valence electrons. The van der Waals surface area contributed by atoms with Gasteiger partial charge in [-0.05, 0) is 102 Å². The molecule has 0 aliphatic heterocycles. The minimum Gasteiger partial charge on any atom is -0.309 e. The van der Waals surface area contributed by atoms with E-state index in [2.05, 4.69) is 196 Å². The molecule has 13 aromatic rings. The van der Waals surface area contributed by atoms with E-state index in [1.165, 1.54) is 90.6 Å². The average molecular weight is 789 g/mol. The van der Waals surface area contributed by atoms with Gasteiger partial charge in [0, 0.05) is 54.3 Å². The molecule has 0 aliphatic carbocycles. The Bertz CT molecular complexity index is 3770. The summed E-state index contributed by atoms with van der Waals surface area (Å²) in [6, 6.07) is 68.5. The molecule has 0 fully saturated rings. The number of aromatic nitrogens is 4. The minimum absolute atomic E-state index is 0.988. The Morgan fingerprint density at radius 1 is 0.339 bits per heavy atom. The number of hydrogen-bond donors (Lipinski definition) is 0. The number of benzene rings is 7. The van der Waals surface area contributed by atoms with Gasteiger partial charge in [0.25, 0.3) is 0 Å². The fraction of sp³-hybridized carbons (Fsp3) is 0. The third-order valence-corrected chi connectivity index (χ3v) is 14.4. The molecule has 6 aromatic heterocycles. The zero-order valence-corrected chi connectivity index (χ0v) is 33.2. The molecule has 0 radical (unpaired) electrons. The number of fused-ring (bicyclic) bond motifs is 10. The van der Waals surface area contributed by atoms with Crippen molar-refractivity contribution in [3.8, 4) is 37.9 Å². The maximum atomic E-state index is 4.73. The van der Waals surface area contributed by atoms with Crippen molar-refractivity contribution >= 4 is 97.6 Å². The Labute approximate surface area is 346 Å². The van der Waals surface area contributed by atoms with Crippen LogP contribution in [0, 0.1) is 0 Å². The van der Waals surface area contributed by atoms with E-state index in [1.54, 1.807) is 0 Å². The van der Waals surface area contributed by atoms with Crippen LogP contribution in [0.5, 0.6) is 0 Å². The molecule has 0 saturated heterocycles. The van der Waals surface area contributed by atoms with Crippen molar-refractivity contribution in [2.45, 2.75) is 0 Å². The monoisotopic (exact) mass is 788 g/mol. The Kier molecular flexibility index (Phi) is 7.02. The van der Waals surface area contributed by atoms with Crippen LogP contribution in [0.1, 0.15) is 0 Å². The van der Waals surface area contributed by atoms with Crippen LogP contribution in [0.15, 0.2) is 194 Å². The number of nitrogens with zero attached hydrogens (tertiary/aromatic N) is 4. The van der Waals surface area contributed by atoms with Crippen LogP contribution >= 0.6 is 22.7 Å². The molecule has 59 heavy (non-hydrogen) atoms. The quantitative estimate of drug-likeness (QED) is 0.171. The Balaban J connectivity index is 1.08. The first-order valence-corrected chi connectivity index (χ1v) is 21.5. The summed E-state index contributed by atoms with van der Waals surface area (Å²) in [6.07, 6.45) is 1.88. The van der Waals surface area contributed by atoms with E-state index in [-0.39, 0.29) is 0 Å². The molecule has 0 unspecified atom stereocenters. The summed E-state index contributed by atoms with van der Waals surface area (Å²) in [4.78, 5) is 7.28. The Morgan fingerprint density at radius 2 is 0.898 bits per heavy atom. The van der Waals surface area contributed by atoms with Crippen LogP contribution < -0.4 is 0 Å². The van der Waals surface area contributed by atoms with Gasteiger partial charge in [-0.3, -0.25) is 4.98 Å². The normalized spacial score (nSPS) is 12.1. The summed E-state index contributed by atoms with van der Waals surface area (Å²) in [5.74, 6) is 0. The van der Waals surface area contributed by atoms with Crippen LogP contribution in [0.3, 0.4) is 0 Å². The Morgan fingerprint density at radius 3 is 1.63 bits per heavy atom. The minimum atomic E-state index is 0.988. The van der Waals surface area contributed by atoms with Gasteiger partial charge in [0.15, 0.2) is 0 Å². The van der Waals surface area contributed by atoms with Crippen LogP contribution in [-0.4, -0.2) is 18.7 Å². The zero-order valence-electron chi connectivity index (χ0n) is 31.6. The van der Waals surface area contributed by atoms with Gasteiger partial charge >= 0.3 is 0 Å². The lowest BCUT2D eigenvalue weighted by atomic mass is 10.1. The fourth-order valence-electron chi connectivity index (χ4n) is 9.32. The maximum Gasteiger partial charge on any atom is 0.0723 e. The summed E-state index contributed by atoms with van der Waals surface area (Å²) in [5, 5.41) is 6.05. The molecule has 0 atom stereocenters. The number of hydrogen-bond acceptors (Lipinski definition) is 3. The largest absolute Gasteiger partial charge is 0.309 e. The summed E-state index contributed by atoms with van der Waals surface area (Å²) < 4.78 is 9.99. The van der Waals surface area contributed by atoms with Crippen LogP contribution in [0.2, 0.25) is 0 Å². The Hall–Kier alpha value is -7.25. The lowest BCUT2D eigenvalue weighted by molar-refractivity contribution is 1.18. The average Bonchev–Trinajstić information content (AvgIpc) is 4.11. The first kappa shape index (κ1) is 32.8. The molecule has 6 heteroatoms. The number of para-hydroxylation sites is 3. The van der Waals surface area contributed by atoms with E-state index in [9.17, 15) is 0 Å². The third-order valence-electron chi connectivity index (χ3n) is 11.9. The maximum absolute atomic E-state index is 4.73. The number of rotatable bonds is 5. The van der Waals surface area contributed by atoms with E-state index < -0.39 is 0 Å². The van der Waals surface area contributed by atoms with Gasteiger partial charge in [0.2, 0.25) is 0 Å². The lowest BCUT2D eigenvalue weighted by Crippen LogP contribution is -1.96. The molecule has 4 nitrogen and oxygen atoms in total. The second-order valence-corrected chi connectivity index (χ2v) is 17.3. The highest BCUT2D eigenvalue weighted by Crippen LogP contribution is 2.48. The number of pyridine rings is 1. The van der Waals surface area contributed by atoms with E-state index in [0.717, 1.165) is 22.3 Å². The molecule has 7 aromatic carbocycles. The lowest BCUT2D eigenvalue weighted by Gasteiger charge is -2.11. The van der Waals surface area contributed by atoms with Crippen molar-refractivity contribution < 1.29 is 0 Å². The van der Waals surface area contributed by atoms with Crippen LogP contribution in [0.25, 0.3) is 113 Å². The van der Waals surface area contributed by atoms with E-state index in [0.29, 0.717) is 0 Å². The summed E-state index contributed by atoms with van der Waals surface area (Å²) in [5.41, 5.74) is 14.2. The van der Waals surface area contributed by atoms with Gasteiger partial charge in [-0.25, -0.2) is 0 Å². The second-order valence-electron chi connectivity index (χ2n) is 15.2. The van der Waals surface area contributed by atoms with Crippen molar-refractivity contribution in [3.63, 3.8) is 0 Å². The van der Waals surface area contributed by atoms with Gasteiger partial charge < -0.3 is 13.7 Å². The molecule has 0 bridgehead atoms. The molecular formula is C53H32N4S2. The van der Waals surface area contributed by atoms with E-state index >= 15 is 0 Å². The van der Waals surface area contributed by atoms with E-state index in [1.807, 2.05) is 34.9 Å². The van der Waals surface area contributed by atoms with E-state index in [4.69, 9.17) is 4.98 Å². The summed E-state index contributed by atoms with van der Waals surface area (Å²) in [7, 11) is 0. The first-order chi connectivity index (χ1) is 29.3. The molecule has 0 amide bonds. The van der Waals surface area contributed by atoms with Gasteiger partial charge in [-0.1, -0.05) is 97.1 Å². The molecule has 0 spiro atoms. The smallest absolute Gasteiger partial charge is 0.0723 e. The van der Waals surface area contributed by atoms with Crippen molar-refractivity contribution in [3.05, 3.63) is 194 Å². The van der Waals surface area contributed by atoms with Crippen molar-refractivity contribution in [1.82, 2.24) is 18.7 Å². The first-order valence-electron chi connectivity index (χ1n) is 19.9. The SMILES string of the molecule is c1ccc(-c2cc3c(s2)c2sc(-c4ccc5c(c4)c4cc6c(cc4n5-c4ccccc4)c4ccccc4n6-c4cccc5ncccc45)cc2n3-c2ccccc2)cc1. The molecule has 0 aliphatic rings. The third kappa shape index (κ3) is 4.85.